The first-order valence-electron chi connectivity index (χ1n) is 6.92. The van der Waals surface area contributed by atoms with E-state index in [2.05, 4.69) is 19.2 Å². The number of hydrogen-bond acceptors (Lipinski definition) is 3. The molecule has 102 valence electrons. The van der Waals surface area contributed by atoms with Gasteiger partial charge in [-0.25, -0.2) is 0 Å². The van der Waals surface area contributed by atoms with Gasteiger partial charge in [-0.1, -0.05) is 27.7 Å². The van der Waals surface area contributed by atoms with E-state index < -0.39 is 0 Å². The summed E-state index contributed by atoms with van der Waals surface area (Å²) in [6.07, 6.45) is 2.86. The molecule has 0 saturated carbocycles. The maximum absolute atomic E-state index is 11.7. The summed E-state index contributed by atoms with van der Waals surface area (Å²) in [5.41, 5.74) is 0. The molecule has 0 aromatic heterocycles. The number of rotatable bonds is 9. The topological polar surface area (TPSA) is 38.3 Å². The third-order valence-electron chi connectivity index (χ3n) is 2.97. The Labute approximate surface area is 106 Å². The molecule has 0 aliphatic carbocycles. The molecule has 0 aromatic rings. The number of ether oxygens (including phenoxy) is 1. The van der Waals surface area contributed by atoms with Gasteiger partial charge < -0.3 is 10.1 Å². The van der Waals surface area contributed by atoms with Gasteiger partial charge >= 0.3 is 5.97 Å². The lowest BCUT2D eigenvalue weighted by Gasteiger charge is -2.18. The van der Waals surface area contributed by atoms with Crippen LogP contribution in [0.1, 0.15) is 53.9 Å². The van der Waals surface area contributed by atoms with Crippen LogP contribution in [0.25, 0.3) is 0 Å². The van der Waals surface area contributed by atoms with Crippen molar-refractivity contribution in [1.29, 1.82) is 0 Å². The van der Waals surface area contributed by atoms with Crippen molar-refractivity contribution in [3.63, 3.8) is 0 Å². The van der Waals surface area contributed by atoms with Gasteiger partial charge in [-0.15, -0.1) is 0 Å². The summed E-state index contributed by atoms with van der Waals surface area (Å²) in [7, 11) is 0. The second-order valence-corrected chi connectivity index (χ2v) is 5.15. The van der Waals surface area contributed by atoms with Crippen LogP contribution in [-0.2, 0) is 9.53 Å². The third-order valence-corrected chi connectivity index (χ3v) is 2.97. The number of carbonyl (C=O) groups excluding carboxylic acids is 1. The highest BCUT2D eigenvalue weighted by Crippen LogP contribution is 2.10. The Morgan fingerprint density at radius 1 is 1.18 bits per heavy atom. The third kappa shape index (κ3) is 8.19. The van der Waals surface area contributed by atoms with Gasteiger partial charge in [-0.3, -0.25) is 4.79 Å². The molecule has 0 radical (unpaired) electrons. The van der Waals surface area contributed by atoms with E-state index in [1.807, 2.05) is 20.8 Å². The standard InChI is InChI=1S/C14H29NO2/c1-6-13(7-2)14(16)17-12(5)10-15-9-8-11(3)4/h11-13,15H,6-10H2,1-5H3. The Bertz CT molecular complexity index is 200. The maximum Gasteiger partial charge on any atom is 0.309 e. The number of nitrogens with one attached hydrogen (secondary N) is 1. The molecular weight excluding hydrogens is 214 g/mol. The Kier molecular flexibility index (Phi) is 9.14. The average Bonchev–Trinajstić information content (AvgIpc) is 2.25. The molecule has 3 heteroatoms. The first kappa shape index (κ1) is 16.4. The summed E-state index contributed by atoms with van der Waals surface area (Å²) in [5, 5.41) is 3.32. The molecule has 0 fully saturated rings. The Morgan fingerprint density at radius 3 is 2.24 bits per heavy atom. The van der Waals surface area contributed by atoms with Gasteiger partial charge in [0.05, 0.1) is 5.92 Å². The molecule has 1 N–H and O–H groups in total. The molecule has 0 aliphatic heterocycles. The summed E-state index contributed by atoms with van der Waals surface area (Å²) < 4.78 is 5.40. The molecule has 1 unspecified atom stereocenters. The van der Waals surface area contributed by atoms with E-state index in [9.17, 15) is 4.79 Å². The van der Waals surface area contributed by atoms with Gasteiger partial charge in [-0.2, -0.15) is 0 Å². The molecular formula is C14H29NO2. The van der Waals surface area contributed by atoms with Crippen molar-refractivity contribution in [3.05, 3.63) is 0 Å². The molecule has 0 bridgehead atoms. The minimum Gasteiger partial charge on any atom is -0.461 e. The highest BCUT2D eigenvalue weighted by Gasteiger charge is 2.17. The number of hydrogen-bond donors (Lipinski definition) is 1. The molecule has 0 aromatic carbocycles. The predicted octanol–water partition coefficient (Wildman–Crippen LogP) is 2.99. The van der Waals surface area contributed by atoms with Crippen LogP contribution < -0.4 is 5.32 Å². The summed E-state index contributed by atoms with van der Waals surface area (Å²) >= 11 is 0. The summed E-state index contributed by atoms with van der Waals surface area (Å²) in [6.45, 7) is 12.2. The molecule has 1 atom stereocenters. The quantitative estimate of drug-likeness (QED) is 0.500. The van der Waals surface area contributed by atoms with Crippen LogP contribution in [0.4, 0.5) is 0 Å². The van der Waals surface area contributed by atoms with Crippen molar-refractivity contribution in [2.75, 3.05) is 13.1 Å². The van der Waals surface area contributed by atoms with E-state index >= 15 is 0 Å². The van der Waals surface area contributed by atoms with Gasteiger partial charge in [0.25, 0.3) is 0 Å². The molecule has 0 amide bonds. The highest BCUT2D eigenvalue weighted by atomic mass is 16.5. The fraction of sp³-hybridized carbons (Fsp3) is 0.929. The van der Waals surface area contributed by atoms with E-state index in [1.165, 1.54) is 0 Å². The summed E-state index contributed by atoms with van der Waals surface area (Å²) in [6, 6.07) is 0. The first-order valence-corrected chi connectivity index (χ1v) is 6.92. The molecule has 0 heterocycles. The van der Waals surface area contributed by atoms with Crippen molar-refractivity contribution in [1.82, 2.24) is 5.32 Å². The normalized spacial score (nSPS) is 13.1. The van der Waals surface area contributed by atoms with E-state index in [0.717, 1.165) is 32.4 Å². The van der Waals surface area contributed by atoms with E-state index in [-0.39, 0.29) is 18.0 Å². The molecule has 17 heavy (non-hydrogen) atoms. The van der Waals surface area contributed by atoms with Crippen molar-refractivity contribution < 1.29 is 9.53 Å². The SMILES string of the molecule is CCC(CC)C(=O)OC(C)CNCCC(C)C. The molecule has 0 aliphatic rings. The van der Waals surface area contributed by atoms with Crippen LogP contribution in [0.2, 0.25) is 0 Å². The van der Waals surface area contributed by atoms with Gasteiger partial charge in [0.15, 0.2) is 0 Å². The monoisotopic (exact) mass is 243 g/mol. The lowest BCUT2D eigenvalue weighted by molar-refractivity contribution is -0.153. The fourth-order valence-corrected chi connectivity index (χ4v) is 1.65. The predicted molar refractivity (Wildman–Crippen MR) is 72.0 cm³/mol. The molecule has 0 saturated heterocycles. The lowest BCUT2D eigenvalue weighted by atomic mass is 10.0. The van der Waals surface area contributed by atoms with Crippen LogP contribution in [0, 0.1) is 11.8 Å². The minimum absolute atomic E-state index is 0.0322. The second-order valence-electron chi connectivity index (χ2n) is 5.15. The van der Waals surface area contributed by atoms with Crippen LogP contribution in [0.3, 0.4) is 0 Å². The largest absolute Gasteiger partial charge is 0.461 e. The smallest absolute Gasteiger partial charge is 0.309 e. The van der Waals surface area contributed by atoms with Crippen molar-refractivity contribution in [2.45, 2.75) is 60.0 Å². The van der Waals surface area contributed by atoms with Gasteiger partial charge in [-0.05, 0) is 38.6 Å². The fourth-order valence-electron chi connectivity index (χ4n) is 1.65. The summed E-state index contributed by atoms with van der Waals surface area (Å²) in [4.78, 5) is 11.7. The van der Waals surface area contributed by atoms with Gasteiger partial charge in [0, 0.05) is 6.54 Å². The lowest BCUT2D eigenvalue weighted by Crippen LogP contribution is -2.31. The Morgan fingerprint density at radius 2 is 1.76 bits per heavy atom. The van der Waals surface area contributed by atoms with Crippen LogP contribution >= 0.6 is 0 Å². The Balaban J connectivity index is 3.70. The molecule has 0 rings (SSSR count). The van der Waals surface area contributed by atoms with E-state index in [0.29, 0.717) is 5.92 Å². The first-order chi connectivity index (χ1) is 8.01. The Hall–Kier alpha value is -0.570. The van der Waals surface area contributed by atoms with Crippen molar-refractivity contribution in [2.24, 2.45) is 11.8 Å². The molecule has 3 nitrogen and oxygen atoms in total. The van der Waals surface area contributed by atoms with Gasteiger partial charge in [0.2, 0.25) is 0 Å². The maximum atomic E-state index is 11.7. The summed E-state index contributed by atoms with van der Waals surface area (Å²) in [5.74, 6) is 0.728. The average molecular weight is 243 g/mol. The van der Waals surface area contributed by atoms with Crippen molar-refractivity contribution in [3.8, 4) is 0 Å². The second kappa shape index (κ2) is 9.46. The zero-order valence-electron chi connectivity index (χ0n) is 12.1. The van der Waals surface area contributed by atoms with E-state index in [1.54, 1.807) is 0 Å². The zero-order chi connectivity index (χ0) is 13.3. The number of carbonyl (C=O) groups is 1. The van der Waals surface area contributed by atoms with E-state index in [4.69, 9.17) is 4.74 Å². The number of esters is 1. The highest BCUT2D eigenvalue weighted by molar-refractivity contribution is 5.72. The van der Waals surface area contributed by atoms with Crippen LogP contribution in [0.5, 0.6) is 0 Å². The van der Waals surface area contributed by atoms with Gasteiger partial charge in [0.1, 0.15) is 6.10 Å². The molecule has 0 spiro atoms. The van der Waals surface area contributed by atoms with Crippen LogP contribution in [-0.4, -0.2) is 25.2 Å². The van der Waals surface area contributed by atoms with Crippen molar-refractivity contribution >= 4 is 5.97 Å². The van der Waals surface area contributed by atoms with Crippen LogP contribution in [0.15, 0.2) is 0 Å². The zero-order valence-corrected chi connectivity index (χ0v) is 12.1. The minimum atomic E-state index is -0.0480.